The van der Waals surface area contributed by atoms with E-state index < -0.39 is 0 Å². The number of allylic oxidation sites excluding steroid dienone is 1. The molecule has 0 aliphatic carbocycles. The molecule has 2 aromatic carbocycles. The molecular weight excluding hydrogens is 434 g/mol. The third-order valence-electron chi connectivity index (χ3n) is 6.36. The first-order valence-electron chi connectivity index (χ1n) is 10.9. The smallest absolute Gasteiger partial charge is 0.318 e. The highest BCUT2D eigenvalue weighted by Gasteiger charge is 2.32. The van der Waals surface area contributed by atoms with E-state index >= 15 is 0 Å². The maximum Gasteiger partial charge on any atom is 0.318 e. The number of carbonyl (C=O) groups is 2. The second-order valence-corrected chi connectivity index (χ2v) is 8.32. The van der Waals surface area contributed by atoms with E-state index in [2.05, 4.69) is 27.6 Å². The van der Waals surface area contributed by atoms with Crippen LogP contribution in [0.4, 0.5) is 10.5 Å². The number of methoxy groups -OCH3 is 1. The van der Waals surface area contributed by atoms with E-state index in [1.165, 1.54) is 7.05 Å². The van der Waals surface area contributed by atoms with Crippen molar-refractivity contribution < 1.29 is 19.1 Å². The van der Waals surface area contributed by atoms with Gasteiger partial charge in [0.15, 0.2) is 5.76 Å². The van der Waals surface area contributed by atoms with Gasteiger partial charge in [0.25, 0.3) is 0 Å². The van der Waals surface area contributed by atoms with Crippen molar-refractivity contribution in [2.45, 2.75) is 18.9 Å². The zero-order valence-corrected chi connectivity index (χ0v) is 19.3. The molecule has 2 amide bonds. The number of amides is 2. The standard InChI is InChI=1S/C25H25N5O4/c1-13-19(12-27-30(13)3)23-17(16-10-15(33-4)6-7-20(16)29-23)11-22-24(31)18-9-14(28-25(32)26-2)5-8-21(18)34-22/h5-13,19,29H,1-4H3,(H2,26,28,32)/b22-11-. The molecule has 0 bridgehead atoms. The molecule has 3 N–H and O–H groups in total. The molecule has 34 heavy (non-hydrogen) atoms. The Hall–Kier alpha value is -4.27. The van der Waals surface area contributed by atoms with Gasteiger partial charge < -0.3 is 25.1 Å². The fourth-order valence-electron chi connectivity index (χ4n) is 4.30. The number of fused-ring (bicyclic) bond motifs is 2. The summed E-state index contributed by atoms with van der Waals surface area (Å²) in [4.78, 5) is 28.4. The number of nitrogens with one attached hydrogen (secondary N) is 3. The summed E-state index contributed by atoms with van der Waals surface area (Å²) in [5.74, 6) is 1.15. The van der Waals surface area contributed by atoms with Gasteiger partial charge in [-0.15, -0.1) is 0 Å². The number of ketones is 1. The van der Waals surface area contributed by atoms with Crippen molar-refractivity contribution in [3.8, 4) is 11.5 Å². The number of benzene rings is 2. The van der Waals surface area contributed by atoms with Gasteiger partial charge in [-0.2, -0.15) is 5.10 Å². The van der Waals surface area contributed by atoms with E-state index in [1.807, 2.05) is 36.5 Å². The molecule has 2 aliphatic heterocycles. The van der Waals surface area contributed by atoms with Gasteiger partial charge in [0.1, 0.15) is 11.5 Å². The van der Waals surface area contributed by atoms with Crippen LogP contribution in [0.2, 0.25) is 0 Å². The molecule has 3 heterocycles. The van der Waals surface area contributed by atoms with E-state index in [9.17, 15) is 9.59 Å². The molecule has 2 unspecified atom stereocenters. The molecule has 2 atom stereocenters. The number of H-pyrrole nitrogens is 1. The van der Waals surface area contributed by atoms with Crippen molar-refractivity contribution in [2.75, 3.05) is 26.5 Å². The molecular formula is C25H25N5O4. The highest BCUT2D eigenvalue weighted by atomic mass is 16.5. The van der Waals surface area contributed by atoms with Gasteiger partial charge >= 0.3 is 6.03 Å². The number of anilines is 1. The van der Waals surface area contributed by atoms with Crippen molar-refractivity contribution in [3.05, 3.63) is 59.0 Å². The summed E-state index contributed by atoms with van der Waals surface area (Å²) >= 11 is 0. The molecule has 1 aromatic heterocycles. The Labute approximate surface area is 196 Å². The first-order valence-corrected chi connectivity index (χ1v) is 10.9. The predicted octanol–water partition coefficient (Wildman–Crippen LogP) is 3.95. The van der Waals surface area contributed by atoms with Crippen molar-refractivity contribution in [1.82, 2.24) is 15.3 Å². The third-order valence-corrected chi connectivity index (χ3v) is 6.36. The van der Waals surface area contributed by atoms with Crippen LogP contribution in [0.3, 0.4) is 0 Å². The first-order chi connectivity index (χ1) is 16.4. The van der Waals surface area contributed by atoms with E-state index in [0.717, 1.165) is 27.9 Å². The van der Waals surface area contributed by atoms with Crippen LogP contribution in [0, 0.1) is 0 Å². The number of Topliss-reactive ketones (excluding diaryl/α,β-unsaturated/α-hetero) is 1. The molecule has 5 rings (SSSR count). The summed E-state index contributed by atoms with van der Waals surface area (Å²) in [7, 11) is 5.09. The van der Waals surface area contributed by atoms with Crippen LogP contribution in [0.15, 0.2) is 47.3 Å². The molecule has 9 nitrogen and oxygen atoms in total. The van der Waals surface area contributed by atoms with E-state index in [1.54, 1.807) is 31.4 Å². The van der Waals surface area contributed by atoms with Crippen LogP contribution in [-0.2, 0) is 0 Å². The topological polar surface area (TPSA) is 108 Å². The molecule has 2 aliphatic rings. The number of ether oxygens (including phenoxy) is 2. The van der Waals surface area contributed by atoms with E-state index in [4.69, 9.17) is 9.47 Å². The van der Waals surface area contributed by atoms with Gasteiger partial charge in [-0.05, 0) is 49.4 Å². The lowest BCUT2D eigenvalue weighted by Gasteiger charge is -2.20. The zero-order valence-electron chi connectivity index (χ0n) is 19.3. The van der Waals surface area contributed by atoms with Crippen LogP contribution in [0.25, 0.3) is 17.0 Å². The van der Waals surface area contributed by atoms with Crippen LogP contribution in [0.1, 0.15) is 34.5 Å². The van der Waals surface area contributed by atoms with Crippen LogP contribution in [0.5, 0.6) is 11.5 Å². The molecule has 0 radical (unpaired) electrons. The SMILES string of the molecule is CNC(=O)Nc1ccc2c(c1)C(=O)/C(=C/c1c(C3C=NN(C)C3C)[nH]c3ccc(OC)cc13)O2. The Morgan fingerprint density at radius 2 is 2.09 bits per heavy atom. The van der Waals surface area contributed by atoms with Gasteiger partial charge in [-0.3, -0.25) is 9.80 Å². The lowest BCUT2D eigenvalue weighted by atomic mass is 9.95. The Morgan fingerprint density at radius 3 is 2.79 bits per heavy atom. The lowest BCUT2D eigenvalue weighted by Crippen LogP contribution is -2.25. The van der Waals surface area contributed by atoms with Gasteiger partial charge in [-0.25, -0.2) is 4.79 Å². The molecule has 174 valence electrons. The van der Waals surface area contributed by atoms with E-state index in [0.29, 0.717) is 17.0 Å². The van der Waals surface area contributed by atoms with Gasteiger partial charge in [-0.1, -0.05) is 0 Å². The summed E-state index contributed by atoms with van der Waals surface area (Å²) in [6.07, 6.45) is 3.69. The summed E-state index contributed by atoms with van der Waals surface area (Å²) in [6.45, 7) is 2.11. The second-order valence-electron chi connectivity index (χ2n) is 8.32. The quantitative estimate of drug-likeness (QED) is 0.512. The van der Waals surface area contributed by atoms with Crippen LogP contribution < -0.4 is 20.1 Å². The molecule has 0 saturated heterocycles. The number of nitrogens with zero attached hydrogens (tertiary/aromatic N) is 2. The minimum atomic E-state index is -0.364. The molecule has 9 heteroatoms. The summed E-state index contributed by atoms with van der Waals surface area (Å²) < 4.78 is 11.4. The number of aromatic amines is 1. The fourth-order valence-corrected chi connectivity index (χ4v) is 4.30. The molecule has 0 spiro atoms. The number of carbonyl (C=O) groups excluding carboxylic acids is 2. The Bertz CT molecular complexity index is 1370. The fraction of sp³-hybridized carbons (Fsp3) is 0.240. The van der Waals surface area contributed by atoms with Gasteiger partial charge in [0.05, 0.1) is 24.6 Å². The monoisotopic (exact) mass is 459 g/mol. The largest absolute Gasteiger partial charge is 0.497 e. The Kier molecular flexibility index (Phi) is 5.24. The van der Waals surface area contributed by atoms with Gasteiger partial charge in [0.2, 0.25) is 5.78 Å². The molecule has 3 aromatic rings. The van der Waals surface area contributed by atoms with Crippen molar-refractivity contribution >= 4 is 40.7 Å². The second kappa shape index (κ2) is 8.26. The molecule has 0 saturated carbocycles. The van der Waals surface area contributed by atoms with Crippen LogP contribution in [-0.4, -0.2) is 55.3 Å². The lowest BCUT2D eigenvalue weighted by molar-refractivity contribution is 0.101. The summed E-state index contributed by atoms with van der Waals surface area (Å²) in [5.41, 5.74) is 3.64. The highest BCUT2D eigenvalue weighted by molar-refractivity contribution is 6.16. The number of hydrogen-bond acceptors (Lipinski definition) is 6. The predicted molar refractivity (Wildman–Crippen MR) is 131 cm³/mol. The maximum atomic E-state index is 13.2. The third kappa shape index (κ3) is 3.55. The number of urea groups is 1. The number of likely N-dealkylation sites (N-methyl/N-ethyl adjacent to an activating group) is 1. The number of aromatic nitrogens is 1. The van der Waals surface area contributed by atoms with E-state index in [-0.39, 0.29) is 29.5 Å². The average Bonchev–Trinajstić information content (AvgIpc) is 3.47. The Morgan fingerprint density at radius 1 is 1.26 bits per heavy atom. The average molecular weight is 460 g/mol. The van der Waals surface area contributed by atoms with Crippen molar-refractivity contribution in [1.29, 1.82) is 0 Å². The van der Waals surface area contributed by atoms with Crippen LogP contribution >= 0.6 is 0 Å². The highest BCUT2D eigenvalue weighted by Crippen LogP contribution is 2.38. The van der Waals surface area contributed by atoms with Gasteiger partial charge in [0, 0.05) is 48.2 Å². The maximum absolute atomic E-state index is 13.2. The van der Waals surface area contributed by atoms with Crippen molar-refractivity contribution in [3.63, 3.8) is 0 Å². The number of hydrazone groups is 1. The number of hydrogen-bond donors (Lipinski definition) is 3. The minimum Gasteiger partial charge on any atom is -0.497 e. The normalized spacial score (nSPS) is 20.1. The summed E-state index contributed by atoms with van der Waals surface area (Å²) in [5, 5.41) is 12.5. The first kappa shape index (κ1) is 21.6. The van der Waals surface area contributed by atoms with Crippen molar-refractivity contribution in [2.24, 2.45) is 5.10 Å². The minimum absolute atomic E-state index is 0.0116. The Balaban J connectivity index is 1.59. The number of rotatable bonds is 4. The molecule has 0 fully saturated rings. The zero-order chi connectivity index (χ0) is 24.0. The summed E-state index contributed by atoms with van der Waals surface area (Å²) in [6, 6.07) is 10.6.